The topological polar surface area (TPSA) is 79.3 Å². The van der Waals surface area contributed by atoms with Crippen molar-refractivity contribution in [1.82, 2.24) is 29.5 Å². The molecule has 4 heterocycles. The number of aryl methyl sites for hydroxylation is 2. The summed E-state index contributed by atoms with van der Waals surface area (Å²) in [4.78, 5) is 23.9. The van der Waals surface area contributed by atoms with Crippen LogP contribution in [0.4, 0.5) is 0 Å². The van der Waals surface area contributed by atoms with E-state index in [0.29, 0.717) is 39.1 Å². The summed E-state index contributed by atoms with van der Waals surface area (Å²) in [6.07, 6.45) is 5.91. The molecule has 0 aromatic carbocycles. The lowest BCUT2D eigenvalue weighted by atomic mass is 10.2. The van der Waals surface area contributed by atoms with Gasteiger partial charge in [0, 0.05) is 64.0 Å². The number of aromatic nitrogens is 4. The number of ether oxygens (including phenoxy) is 1. The molecule has 8 heteroatoms. The van der Waals surface area contributed by atoms with E-state index in [1.54, 1.807) is 6.33 Å². The van der Waals surface area contributed by atoms with E-state index >= 15 is 0 Å². The van der Waals surface area contributed by atoms with E-state index in [1.165, 1.54) is 5.69 Å². The smallest absolute Gasteiger partial charge is 0.223 e. The molecule has 0 aliphatic carbocycles. The molecule has 0 bridgehead atoms. The number of fused-ring (bicyclic) bond motifs is 1. The number of morpholine rings is 1. The maximum atomic E-state index is 12.3. The number of H-pyrrole nitrogens is 1. The van der Waals surface area contributed by atoms with Crippen molar-refractivity contribution in [3.63, 3.8) is 0 Å². The van der Waals surface area contributed by atoms with Gasteiger partial charge in [0.1, 0.15) is 0 Å². The lowest BCUT2D eigenvalue weighted by Crippen LogP contribution is -2.40. The standard InChI is InChI=1S/C18H26N6O2/c25-18(23-6-8-26-9-7-23)3-2-15-10-17-13-22(4-1-5-24(17)21-15)12-16-11-19-14-20-16/h10-11,14H,1-9,12-13H2,(H,19,20). The molecular weight excluding hydrogens is 332 g/mol. The Morgan fingerprint density at radius 2 is 2.12 bits per heavy atom. The monoisotopic (exact) mass is 358 g/mol. The number of hydrogen-bond donors (Lipinski definition) is 1. The van der Waals surface area contributed by atoms with Gasteiger partial charge in [-0.25, -0.2) is 4.98 Å². The lowest BCUT2D eigenvalue weighted by Gasteiger charge is -2.26. The largest absolute Gasteiger partial charge is 0.378 e. The highest BCUT2D eigenvalue weighted by atomic mass is 16.5. The minimum absolute atomic E-state index is 0.206. The van der Waals surface area contributed by atoms with Crippen molar-refractivity contribution in [2.45, 2.75) is 38.9 Å². The molecule has 0 spiro atoms. The molecule has 0 saturated carbocycles. The van der Waals surface area contributed by atoms with Gasteiger partial charge in [0.2, 0.25) is 5.91 Å². The van der Waals surface area contributed by atoms with Crippen molar-refractivity contribution in [2.24, 2.45) is 0 Å². The fourth-order valence-electron chi connectivity index (χ4n) is 3.66. The van der Waals surface area contributed by atoms with Crippen LogP contribution in [0.3, 0.4) is 0 Å². The Balaban J connectivity index is 1.34. The maximum Gasteiger partial charge on any atom is 0.223 e. The summed E-state index contributed by atoms with van der Waals surface area (Å²) in [5, 5.41) is 4.73. The van der Waals surface area contributed by atoms with Crippen LogP contribution in [0, 0.1) is 0 Å². The number of hydrogen-bond acceptors (Lipinski definition) is 5. The van der Waals surface area contributed by atoms with Gasteiger partial charge in [-0.05, 0) is 12.5 Å². The summed E-state index contributed by atoms with van der Waals surface area (Å²) < 4.78 is 7.42. The Morgan fingerprint density at radius 3 is 2.92 bits per heavy atom. The number of nitrogens with zero attached hydrogens (tertiary/aromatic N) is 5. The normalized spacial score (nSPS) is 18.5. The minimum atomic E-state index is 0.206. The molecule has 140 valence electrons. The van der Waals surface area contributed by atoms with Crippen LogP contribution in [0.1, 0.15) is 29.9 Å². The molecule has 2 aromatic rings. The Labute approximate surface area is 153 Å². The average Bonchev–Trinajstić information content (AvgIpc) is 3.27. The lowest BCUT2D eigenvalue weighted by molar-refractivity contribution is -0.135. The predicted molar refractivity (Wildman–Crippen MR) is 95.3 cm³/mol. The second kappa shape index (κ2) is 8.01. The van der Waals surface area contributed by atoms with Gasteiger partial charge < -0.3 is 14.6 Å². The van der Waals surface area contributed by atoms with E-state index in [1.807, 2.05) is 11.1 Å². The summed E-state index contributed by atoms with van der Waals surface area (Å²) in [6.45, 7) is 6.45. The first kappa shape index (κ1) is 17.2. The minimum Gasteiger partial charge on any atom is -0.378 e. The first-order valence-electron chi connectivity index (χ1n) is 9.38. The van der Waals surface area contributed by atoms with Gasteiger partial charge >= 0.3 is 0 Å². The molecule has 1 fully saturated rings. The Kier molecular flexibility index (Phi) is 5.31. The van der Waals surface area contributed by atoms with Crippen LogP contribution in [-0.4, -0.2) is 68.3 Å². The van der Waals surface area contributed by atoms with Gasteiger partial charge in [-0.2, -0.15) is 5.10 Å². The van der Waals surface area contributed by atoms with Crippen LogP contribution < -0.4 is 0 Å². The van der Waals surface area contributed by atoms with Gasteiger partial charge in [0.05, 0.1) is 30.9 Å². The van der Waals surface area contributed by atoms with Crippen LogP contribution in [0.2, 0.25) is 0 Å². The third kappa shape index (κ3) is 4.13. The van der Waals surface area contributed by atoms with E-state index in [2.05, 4.69) is 25.6 Å². The number of amides is 1. The first-order chi connectivity index (χ1) is 12.8. The zero-order chi connectivity index (χ0) is 17.8. The third-order valence-corrected chi connectivity index (χ3v) is 5.05. The number of nitrogens with one attached hydrogen (secondary N) is 1. The summed E-state index contributed by atoms with van der Waals surface area (Å²) in [5.74, 6) is 0.206. The maximum absolute atomic E-state index is 12.3. The van der Waals surface area contributed by atoms with Gasteiger partial charge in [-0.1, -0.05) is 0 Å². The van der Waals surface area contributed by atoms with Gasteiger partial charge in [0.15, 0.2) is 0 Å². The van der Waals surface area contributed by atoms with Crippen molar-refractivity contribution in [3.05, 3.63) is 35.7 Å². The van der Waals surface area contributed by atoms with Crippen LogP contribution in [0.5, 0.6) is 0 Å². The number of carbonyl (C=O) groups is 1. The van der Waals surface area contributed by atoms with Crippen LogP contribution in [0.15, 0.2) is 18.6 Å². The fraction of sp³-hybridized carbons (Fsp3) is 0.611. The van der Waals surface area contributed by atoms with Crippen molar-refractivity contribution >= 4 is 5.91 Å². The van der Waals surface area contributed by atoms with E-state index in [-0.39, 0.29) is 5.91 Å². The fourth-order valence-corrected chi connectivity index (χ4v) is 3.66. The van der Waals surface area contributed by atoms with Crippen molar-refractivity contribution in [1.29, 1.82) is 0 Å². The van der Waals surface area contributed by atoms with Gasteiger partial charge in [-0.3, -0.25) is 14.4 Å². The second-order valence-electron chi connectivity index (χ2n) is 6.98. The Hall–Kier alpha value is -2.19. The number of imidazole rings is 1. The number of aromatic amines is 1. The molecule has 4 rings (SSSR count). The molecule has 2 aliphatic heterocycles. The van der Waals surface area contributed by atoms with Crippen molar-refractivity contribution < 1.29 is 9.53 Å². The second-order valence-corrected chi connectivity index (χ2v) is 6.98. The quantitative estimate of drug-likeness (QED) is 0.855. The molecule has 8 nitrogen and oxygen atoms in total. The van der Waals surface area contributed by atoms with Crippen LogP contribution in [0.25, 0.3) is 0 Å². The van der Waals surface area contributed by atoms with Gasteiger partial charge in [0.25, 0.3) is 0 Å². The molecule has 0 radical (unpaired) electrons. The van der Waals surface area contributed by atoms with Crippen LogP contribution in [-0.2, 0) is 35.6 Å². The molecule has 0 atom stereocenters. The van der Waals surface area contributed by atoms with E-state index in [0.717, 1.165) is 44.0 Å². The summed E-state index contributed by atoms with van der Waals surface area (Å²) >= 11 is 0. The molecule has 0 unspecified atom stereocenters. The molecule has 1 amide bonds. The number of rotatable bonds is 5. The highest BCUT2D eigenvalue weighted by molar-refractivity contribution is 5.76. The summed E-state index contributed by atoms with van der Waals surface area (Å²) in [7, 11) is 0. The molecular formula is C18H26N6O2. The Bertz CT molecular complexity index is 720. The predicted octanol–water partition coefficient (Wildman–Crippen LogP) is 0.804. The highest BCUT2D eigenvalue weighted by Crippen LogP contribution is 2.16. The zero-order valence-corrected chi connectivity index (χ0v) is 15.1. The molecule has 2 aromatic heterocycles. The SMILES string of the molecule is O=C(CCc1cc2n(n1)CCCN(Cc1cnc[nH]1)C2)N1CCOCC1. The van der Waals surface area contributed by atoms with E-state index in [9.17, 15) is 4.79 Å². The van der Waals surface area contributed by atoms with Crippen molar-refractivity contribution in [2.75, 3.05) is 32.8 Å². The average molecular weight is 358 g/mol. The van der Waals surface area contributed by atoms with Crippen molar-refractivity contribution in [3.8, 4) is 0 Å². The molecule has 1 N–H and O–H groups in total. The zero-order valence-electron chi connectivity index (χ0n) is 15.1. The highest BCUT2D eigenvalue weighted by Gasteiger charge is 2.19. The Morgan fingerprint density at radius 1 is 1.23 bits per heavy atom. The molecule has 2 aliphatic rings. The summed E-state index contributed by atoms with van der Waals surface area (Å²) in [6, 6.07) is 2.16. The third-order valence-electron chi connectivity index (χ3n) is 5.05. The molecule has 1 saturated heterocycles. The van der Waals surface area contributed by atoms with E-state index < -0.39 is 0 Å². The van der Waals surface area contributed by atoms with Crippen LogP contribution >= 0.6 is 0 Å². The number of carbonyl (C=O) groups excluding carboxylic acids is 1. The van der Waals surface area contributed by atoms with E-state index in [4.69, 9.17) is 9.84 Å². The van der Waals surface area contributed by atoms with Gasteiger partial charge in [-0.15, -0.1) is 0 Å². The first-order valence-corrected chi connectivity index (χ1v) is 9.38. The summed E-state index contributed by atoms with van der Waals surface area (Å²) in [5.41, 5.74) is 3.38. The molecule has 26 heavy (non-hydrogen) atoms.